The second kappa shape index (κ2) is 8.16. The molecule has 0 aliphatic heterocycles. The fourth-order valence-corrected chi connectivity index (χ4v) is 3.40. The first kappa shape index (κ1) is 19.0. The van der Waals surface area contributed by atoms with Gasteiger partial charge in [0.1, 0.15) is 6.54 Å². The van der Waals surface area contributed by atoms with Crippen molar-refractivity contribution in [3.63, 3.8) is 0 Å². The molecule has 25 heavy (non-hydrogen) atoms. The quantitative estimate of drug-likeness (QED) is 0.826. The molecule has 134 valence electrons. The van der Waals surface area contributed by atoms with E-state index in [1.165, 1.54) is 0 Å². The van der Waals surface area contributed by atoms with Crippen molar-refractivity contribution in [2.45, 2.75) is 26.3 Å². The first-order chi connectivity index (χ1) is 11.8. The Kier molecular flexibility index (Phi) is 6.20. The fourth-order valence-electron chi connectivity index (χ4n) is 2.54. The molecule has 2 rings (SSSR count). The maximum Gasteiger partial charge on any atom is 0.241 e. The highest BCUT2D eigenvalue weighted by atomic mass is 32.2. The predicted octanol–water partition coefficient (Wildman–Crippen LogP) is 2.89. The molecule has 1 N–H and O–H groups in total. The van der Waals surface area contributed by atoms with E-state index in [9.17, 15) is 13.2 Å². The van der Waals surface area contributed by atoms with Gasteiger partial charge in [0.25, 0.3) is 0 Å². The van der Waals surface area contributed by atoms with Gasteiger partial charge in [-0.05, 0) is 36.6 Å². The van der Waals surface area contributed by atoms with Gasteiger partial charge in [-0.25, -0.2) is 8.42 Å². The van der Waals surface area contributed by atoms with Gasteiger partial charge in [-0.15, -0.1) is 0 Å². The van der Waals surface area contributed by atoms with Crippen molar-refractivity contribution in [1.29, 1.82) is 0 Å². The van der Waals surface area contributed by atoms with E-state index in [0.29, 0.717) is 5.69 Å². The van der Waals surface area contributed by atoms with Crippen LogP contribution >= 0.6 is 0 Å². The minimum Gasteiger partial charge on any atom is -0.348 e. The van der Waals surface area contributed by atoms with Crippen LogP contribution in [0.15, 0.2) is 54.6 Å². The number of hydrogen-bond donors (Lipinski definition) is 1. The molecule has 0 spiro atoms. The molecular weight excluding hydrogens is 336 g/mol. The van der Waals surface area contributed by atoms with E-state index >= 15 is 0 Å². The molecular formula is C19H24N2O3S. The molecule has 0 aliphatic carbocycles. The molecule has 1 unspecified atom stereocenters. The van der Waals surface area contributed by atoms with Crippen LogP contribution in [0.3, 0.4) is 0 Å². The number of aryl methyl sites for hydroxylation is 1. The molecule has 0 bridgehead atoms. The Morgan fingerprint density at radius 1 is 1.08 bits per heavy atom. The van der Waals surface area contributed by atoms with Crippen LogP contribution in [0.25, 0.3) is 0 Å². The van der Waals surface area contributed by atoms with E-state index in [2.05, 4.69) is 5.32 Å². The number of anilines is 1. The van der Waals surface area contributed by atoms with Crippen molar-refractivity contribution in [2.24, 2.45) is 0 Å². The van der Waals surface area contributed by atoms with Crippen LogP contribution in [0.2, 0.25) is 0 Å². The molecule has 6 heteroatoms. The van der Waals surface area contributed by atoms with Gasteiger partial charge in [0.15, 0.2) is 0 Å². The van der Waals surface area contributed by atoms with E-state index in [0.717, 1.165) is 28.1 Å². The van der Waals surface area contributed by atoms with Gasteiger partial charge in [0, 0.05) is 0 Å². The summed E-state index contributed by atoms with van der Waals surface area (Å²) in [6.07, 6.45) is 1.98. The summed E-state index contributed by atoms with van der Waals surface area (Å²) in [5.74, 6) is -0.346. The summed E-state index contributed by atoms with van der Waals surface area (Å²) < 4.78 is 25.4. The number of nitrogens with zero attached hydrogens (tertiary/aromatic N) is 1. The van der Waals surface area contributed by atoms with Crippen molar-refractivity contribution >= 4 is 21.6 Å². The molecule has 0 radical (unpaired) electrons. The van der Waals surface area contributed by atoms with E-state index in [1.807, 2.05) is 56.3 Å². The monoisotopic (exact) mass is 360 g/mol. The minimum atomic E-state index is -3.56. The third kappa shape index (κ3) is 5.32. The highest BCUT2D eigenvalue weighted by Gasteiger charge is 2.21. The van der Waals surface area contributed by atoms with Crippen LogP contribution in [0.4, 0.5) is 5.69 Å². The third-order valence-electron chi connectivity index (χ3n) is 4.00. The molecule has 1 amide bonds. The zero-order valence-electron chi connectivity index (χ0n) is 14.8. The first-order valence-corrected chi connectivity index (χ1v) is 10.1. The molecule has 5 nitrogen and oxygen atoms in total. The van der Waals surface area contributed by atoms with Crippen molar-refractivity contribution in [1.82, 2.24) is 5.32 Å². The normalized spacial score (nSPS) is 12.4. The number of amides is 1. The predicted molar refractivity (Wildman–Crippen MR) is 101 cm³/mol. The van der Waals surface area contributed by atoms with Crippen LogP contribution in [-0.4, -0.2) is 27.1 Å². The first-order valence-electron chi connectivity index (χ1n) is 8.22. The Morgan fingerprint density at radius 3 is 2.20 bits per heavy atom. The van der Waals surface area contributed by atoms with Gasteiger partial charge in [0.2, 0.25) is 15.9 Å². The summed E-state index contributed by atoms with van der Waals surface area (Å²) in [7, 11) is -3.56. The Balaban J connectivity index is 2.12. The lowest BCUT2D eigenvalue weighted by Crippen LogP contribution is -2.41. The average Bonchev–Trinajstić information content (AvgIpc) is 2.59. The molecule has 2 aromatic carbocycles. The van der Waals surface area contributed by atoms with Gasteiger partial charge < -0.3 is 5.32 Å². The van der Waals surface area contributed by atoms with Crippen molar-refractivity contribution in [3.05, 3.63) is 65.7 Å². The lowest BCUT2D eigenvalue weighted by molar-refractivity contribution is -0.120. The SMILES string of the molecule is CCc1ccc(N(CC(=O)NC(C)c2ccccc2)S(C)(=O)=O)cc1. The highest BCUT2D eigenvalue weighted by molar-refractivity contribution is 7.92. The molecule has 1 atom stereocenters. The number of sulfonamides is 1. The molecule has 0 fully saturated rings. The lowest BCUT2D eigenvalue weighted by Gasteiger charge is -2.23. The van der Waals surface area contributed by atoms with E-state index in [4.69, 9.17) is 0 Å². The number of carbonyl (C=O) groups excluding carboxylic acids is 1. The molecule has 0 saturated carbocycles. The van der Waals surface area contributed by atoms with Crippen LogP contribution in [0.1, 0.15) is 31.0 Å². The van der Waals surface area contributed by atoms with Crippen LogP contribution in [0, 0.1) is 0 Å². The Bertz CT molecular complexity index is 802. The van der Waals surface area contributed by atoms with E-state index in [-0.39, 0.29) is 18.5 Å². The molecule has 2 aromatic rings. The number of nitrogens with one attached hydrogen (secondary N) is 1. The van der Waals surface area contributed by atoms with Gasteiger partial charge in [-0.2, -0.15) is 0 Å². The average molecular weight is 360 g/mol. The minimum absolute atomic E-state index is 0.197. The van der Waals surface area contributed by atoms with Gasteiger partial charge in [-0.1, -0.05) is 49.4 Å². The Hall–Kier alpha value is -2.34. The molecule has 0 heterocycles. The maximum absolute atomic E-state index is 12.4. The third-order valence-corrected chi connectivity index (χ3v) is 5.14. The zero-order valence-corrected chi connectivity index (χ0v) is 15.6. The summed E-state index contributed by atoms with van der Waals surface area (Å²) in [6, 6.07) is 16.6. The topological polar surface area (TPSA) is 66.5 Å². The number of carbonyl (C=O) groups is 1. The summed E-state index contributed by atoms with van der Waals surface area (Å²) in [6.45, 7) is 3.65. The van der Waals surface area contributed by atoms with Crippen LogP contribution < -0.4 is 9.62 Å². The summed E-state index contributed by atoms with van der Waals surface area (Å²) in [5, 5.41) is 2.85. The molecule has 0 saturated heterocycles. The molecule has 0 aliphatic rings. The van der Waals surface area contributed by atoms with Gasteiger partial charge >= 0.3 is 0 Å². The maximum atomic E-state index is 12.4. The smallest absolute Gasteiger partial charge is 0.241 e. The molecule has 0 aromatic heterocycles. The van der Waals surface area contributed by atoms with Crippen molar-refractivity contribution in [3.8, 4) is 0 Å². The van der Waals surface area contributed by atoms with E-state index < -0.39 is 10.0 Å². The highest BCUT2D eigenvalue weighted by Crippen LogP contribution is 2.19. The van der Waals surface area contributed by atoms with E-state index in [1.54, 1.807) is 12.1 Å². The second-order valence-corrected chi connectivity index (χ2v) is 7.90. The Morgan fingerprint density at radius 2 is 1.68 bits per heavy atom. The summed E-state index contributed by atoms with van der Waals surface area (Å²) >= 11 is 0. The Labute approximate surface area is 149 Å². The number of rotatable bonds is 7. The van der Waals surface area contributed by atoms with Gasteiger partial charge in [0.05, 0.1) is 18.0 Å². The van der Waals surface area contributed by atoms with Crippen LogP contribution in [-0.2, 0) is 21.2 Å². The van der Waals surface area contributed by atoms with Gasteiger partial charge in [-0.3, -0.25) is 9.10 Å². The van der Waals surface area contributed by atoms with Crippen LogP contribution in [0.5, 0.6) is 0 Å². The summed E-state index contributed by atoms with van der Waals surface area (Å²) in [4.78, 5) is 12.4. The number of hydrogen-bond acceptors (Lipinski definition) is 3. The largest absolute Gasteiger partial charge is 0.348 e. The fraction of sp³-hybridized carbons (Fsp3) is 0.316. The van der Waals surface area contributed by atoms with Crippen molar-refractivity contribution in [2.75, 3.05) is 17.1 Å². The lowest BCUT2D eigenvalue weighted by atomic mass is 10.1. The number of benzene rings is 2. The second-order valence-electron chi connectivity index (χ2n) is 5.99. The van der Waals surface area contributed by atoms with Crippen molar-refractivity contribution < 1.29 is 13.2 Å². The summed E-state index contributed by atoms with van der Waals surface area (Å²) in [5.41, 5.74) is 2.57. The zero-order chi connectivity index (χ0) is 18.4. The standard InChI is InChI=1S/C19H24N2O3S/c1-4-16-10-12-18(13-11-16)21(25(3,23)24)14-19(22)20-15(2)17-8-6-5-7-9-17/h5-13,15H,4,14H2,1-3H3,(H,20,22).